The summed E-state index contributed by atoms with van der Waals surface area (Å²) in [6.07, 6.45) is 0. The van der Waals surface area contributed by atoms with Crippen molar-refractivity contribution in [1.82, 2.24) is 20.1 Å². The van der Waals surface area contributed by atoms with Crippen LogP contribution in [0.25, 0.3) is 17.1 Å². The Morgan fingerprint density at radius 2 is 1.69 bits per heavy atom. The van der Waals surface area contributed by atoms with Crippen LogP contribution in [0.2, 0.25) is 0 Å². The molecule has 1 heterocycles. The van der Waals surface area contributed by atoms with Crippen molar-refractivity contribution in [1.29, 1.82) is 0 Å². The van der Waals surface area contributed by atoms with Crippen LogP contribution < -0.4 is 19.5 Å². The van der Waals surface area contributed by atoms with Crippen LogP contribution >= 0.6 is 11.8 Å². The molecule has 0 fully saturated rings. The predicted octanol–water partition coefficient (Wildman–Crippen LogP) is 4.24. The second-order valence-corrected chi connectivity index (χ2v) is 8.29. The smallest absolute Gasteiger partial charge is 0.230 e. The van der Waals surface area contributed by atoms with Gasteiger partial charge in [-0.2, -0.15) is 0 Å². The molecule has 0 radical (unpaired) electrons. The van der Waals surface area contributed by atoms with E-state index in [9.17, 15) is 4.79 Å². The van der Waals surface area contributed by atoms with E-state index in [0.717, 1.165) is 17.0 Å². The molecule has 35 heavy (non-hydrogen) atoms. The monoisotopic (exact) mass is 490 g/mol. The van der Waals surface area contributed by atoms with Gasteiger partial charge in [0.2, 0.25) is 5.91 Å². The van der Waals surface area contributed by atoms with Crippen LogP contribution in [0.4, 0.5) is 0 Å². The molecule has 0 saturated heterocycles. The van der Waals surface area contributed by atoms with E-state index in [0.29, 0.717) is 35.6 Å². The van der Waals surface area contributed by atoms with Crippen molar-refractivity contribution in [3.63, 3.8) is 0 Å². The Morgan fingerprint density at radius 1 is 0.914 bits per heavy atom. The standard InChI is InChI=1S/C26H26N4O4S/c1-32-21-12-8-9-19(17-21)25-28-29-26(30(25)20-10-4-3-5-11-20)35-18-24(31)27-15-16-34-23-14-7-6-13-22(23)33-2/h3-14,17H,15-16,18H2,1-2H3,(H,27,31). The van der Waals surface area contributed by atoms with Crippen molar-refractivity contribution >= 4 is 17.7 Å². The first-order valence-corrected chi connectivity index (χ1v) is 12.0. The van der Waals surface area contributed by atoms with E-state index >= 15 is 0 Å². The summed E-state index contributed by atoms with van der Waals surface area (Å²) in [5, 5.41) is 12.3. The molecule has 0 aliphatic rings. The molecule has 3 aromatic carbocycles. The van der Waals surface area contributed by atoms with Gasteiger partial charge in [-0.25, -0.2) is 0 Å². The summed E-state index contributed by atoms with van der Waals surface area (Å²) >= 11 is 1.32. The molecule has 0 unspecified atom stereocenters. The zero-order valence-electron chi connectivity index (χ0n) is 19.5. The van der Waals surface area contributed by atoms with E-state index < -0.39 is 0 Å². The number of nitrogens with one attached hydrogen (secondary N) is 1. The van der Waals surface area contributed by atoms with Gasteiger partial charge in [-0.15, -0.1) is 10.2 Å². The maximum Gasteiger partial charge on any atom is 0.230 e. The third kappa shape index (κ3) is 6.13. The van der Waals surface area contributed by atoms with Gasteiger partial charge in [-0.3, -0.25) is 9.36 Å². The van der Waals surface area contributed by atoms with Gasteiger partial charge in [0.05, 0.1) is 26.5 Å². The summed E-state index contributed by atoms with van der Waals surface area (Å²) in [5.41, 5.74) is 1.77. The summed E-state index contributed by atoms with van der Waals surface area (Å²) in [6, 6.07) is 24.9. The number of hydrogen-bond acceptors (Lipinski definition) is 7. The molecule has 0 spiro atoms. The fraction of sp³-hybridized carbons (Fsp3) is 0.192. The average molecular weight is 491 g/mol. The highest BCUT2D eigenvalue weighted by atomic mass is 32.2. The predicted molar refractivity (Wildman–Crippen MR) is 136 cm³/mol. The van der Waals surface area contributed by atoms with Gasteiger partial charge in [-0.1, -0.05) is 54.2 Å². The SMILES string of the molecule is COc1cccc(-c2nnc(SCC(=O)NCCOc3ccccc3OC)n2-c2ccccc2)c1. The highest BCUT2D eigenvalue weighted by molar-refractivity contribution is 7.99. The Morgan fingerprint density at radius 3 is 2.46 bits per heavy atom. The molecule has 0 atom stereocenters. The second-order valence-electron chi connectivity index (χ2n) is 7.35. The number of carbonyl (C=O) groups is 1. The molecule has 9 heteroatoms. The number of carbonyl (C=O) groups excluding carboxylic acids is 1. The largest absolute Gasteiger partial charge is 0.497 e. The molecule has 0 aliphatic heterocycles. The molecule has 8 nitrogen and oxygen atoms in total. The molecule has 4 aromatic rings. The van der Waals surface area contributed by atoms with Gasteiger partial charge < -0.3 is 19.5 Å². The van der Waals surface area contributed by atoms with Gasteiger partial charge in [0, 0.05) is 11.3 Å². The van der Waals surface area contributed by atoms with Crippen LogP contribution in [-0.4, -0.2) is 53.8 Å². The number of hydrogen-bond donors (Lipinski definition) is 1. The van der Waals surface area contributed by atoms with Crippen molar-refractivity contribution in [2.45, 2.75) is 5.16 Å². The van der Waals surface area contributed by atoms with Gasteiger partial charge >= 0.3 is 0 Å². The Kier molecular flexibility index (Phi) is 8.24. The minimum Gasteiger partial charge on any atom is -0.497 e. The number of ether oxygens (including phenoxy) is 3. The van der Waals surface area contributed by atoms with Crippen molar-refractivity contribution in [3.05, 3.63) is 78.9 Å². The van der Waals surface area contributed by atoms with E-state index in [-0.39, 0.29) is 11.7 Å². The number of aromatic nitrogens is 3. The van der Waals surface area contributed by atoms with Gasteiger partial charge in [0.25, 0.3) is 0 Å². The quantitative estimate of drug-likeness (QED) is 0.249. The number of nitrogens with zero attached hydrogens (tertiary/aromatic N) is 3. The van der Waals surface area contributed by atoms with E-state index in [1.165, 1.54) is 11.8 Å². The zero-order valence-corrected chi connectivity index (χ0v) is 20.3. The van der Waals surface area contributed by atoms with Crippen LogP contribution in [0.1, 0.15) is 0 Å². The number of benzene rings is 3. The Labute approximate surface area is 208 Å². The summed E-state index contributed by atoms with van der Waals surface area (Å²) in [5.74, 6) is 2.76. The van der Waals surface area contributed by atoms with Crippen molar-refractivity contribution in [2.24, 2.45) is 0 Å². The minimum absolute atomic E-state index is 0.121. The molecule has 0 bridgehead atoms. The number of rotatable bonds is 11. The maximum atomic E-state index is 12.5. The summed E-state index contributed by atoms with van der Waals surface area (Å²) < 4.78 is 18.3. The Hall–Kier alpha value is -3.98. The van der Waals surface area contributed by atoms with Crippen molar-refractivity contribution < 1.29 is 19.0 Å². The van der Waals surface area contributed by atoms with Crippen LogP contribution in [-0.2, 0) is 4.79 Å². The van der Waals surface area contributed by atoms with Crippen LogP contribution in [0.3, 0.4) is 0 Å². The normalized spacial score (nSPS) is 10.6. The maximum absolute atomic E-state index is 12.5. The Balaban J connectivity index is 1.40. The number of para-hydroxylation sites is 3. The Bertz CT molecular complexity index is 1260. The van der Waals surface area contributed by atoms with Gasteiger partial charge in [0.15, 0.2) is 22.5 Å². The lowest BCUT2D eigenvalue weighted by Gasteiger charge is -2.12. The molecule has 0 saturated carbocycles. The highest BCUT2D eigenvalue weighted by Gasteiger charge is 2.17. The lowest BCUT2D eigenvalue weighted by molar-refractivity contribution is -0.118. The molecular formula is C26H26N4O4S. The molecular weight excluding hydrogens is 464 g/mol. The van der Waals surface area contributed by atoms with Gasteiger partial charge in [0.1, 0.15) is 12.4 Å². The van der Waals surface area contributed by atoms with E-state index in [4.69, 9.17) is 14.2 Å². The number of thioether (sulfide) groups is 1. The average Bonchev–Trinajstić information content (AvgIpc) is 3.34. The van der Waals surface area contributed by atoms with E-state index in [1.807, 2.05) is 83.4 Å². The molecule has 1 amide bonds. The molecule has 4 rings (SSSR count). The van der Waals surface area contributed by atoms with E-state index in [2.05, 4.69) is 15.5 Å². The fourth-order valence-electron chi connectivity index (χ4n) is 3.39. The lowest BCUT2D eigenvalue weighted by Crippen LogP contribution is -2.29. The van der Waals surface area contributed by atoms with E-state index in [1.54, 1.807) is 14.2 Å². The molecule has 1 N–H and O–H groups in total. The van der Waals surface area contributed by atoms with Gasteiger partial charge in [-0.05, 0) is 36.4 Å². The summed E-state index contributed by atoms with van der Waals surface area (Å²) in [7, 11) is 3.22. The summed E-state index contributed by atoms with van der Waals surface area (Å²) in [6.45, 7) is 0.703. The molecule has 1 aromatic heterocycles. The van der Waals surface area contributed by atoms with Crippen molar-refractivity contribution in [2.75, 3.05) is 33.1 Å². The third-order valence-electron chi connectivity index (χ3n) is 5.06. The van der Waals surface area contributed by atoms with Crippen LogP contribution in [0, 0.1) is 0 Å². The number of methoxy groups -OCH3 is 2. The highest BCUT2D eigenvalue weighted by Crippen LogP contribution is 2.29. The first-order valence-electron chi connectivity index (χ1n) is 11.0. The fourth-order valence-corrected chi connectivity index (χ4v) is 4.17. The molecule has 180 valence electrons. The third-order valence-corrected chi connectivity index (χ3v) is 5.99. The second kappa shape index (κ2) is 11.9. The first-order chi connectivity index (χ1) is 17.2. The van der Waals surface area contributed by atoms with Crippen molar-refractivity contribution in [3.8, 4) is 34.3 Å². The van der Waals surface area contributed by atoms with Crippen LogP contribution in [0.15, 0.2) is 84.0 Å². The van der Waals surface area contributed by atoms with Crippen LogP contribution in [0.5, 0.6) is 17.2 Å². The topological polar surface area (TPSA) is 87.5 Å². The zero-order chi connectivity index (χ0) is 24.5. The lowest BCUT2D eigenvalue weighted by atomic mass is 10.2. The molecule has 0 aliphatic carbocycles. The summed E-state index contributed by atoms with van der Waals surface area (Å²) in [4.78, 5) is 12.5. The first kappa shape index (κ1) is 24.2. The minimum atomic E-state index is -0.121. The number of amides is 1.